The monoisotopic (exact) mass is 287 g/mol. The Morgan fingerprint density at radius 1 is 1.05 bits per heavy atom. The molecule has 0 heterocycles. The van der Waals surface area contributed by atoms with Gasteiger partial charge in [0.2, 0.25) is 0 Å². The van der Waals surface area contributed by atoms with Crippen molar-refractivity contribution < 1.29 is 0 Å². The van der Waals surface area contributed by atoms with Gasteiger partial charge in [-0.15, -0.1) is 0 Å². The van der Waals surface area contributed by atoms with Crippen molar-refractivity contribution in [3.63, 3.8) is 0 Å². The molecule has 0 saturated carbocycles. The van der Waals surface area contributed by atoms with Crippen molar-refractivity contribution in [1.82, 2.24) is 0 Å². The van der Waals surface area contributed by atoms with Gasteiger partial charge in [-0.3, -0.25) is 0 Å². The smallest absolute Gasteiger partial charge is 0.0441 e. The predicted octanol–water partition coefficient (Wildman–Crippen LogP) is 4.46. The van der Waals surface area contributed by atoms with Crippen LogP contribution in [0.2, 0.25) is 5.02 Å². The summed E-state index contributed by atoms with van der Waals surface area (Å²) in [5.74, 6) is 0. The summed E-state index contributed by atoms with van der Waals surface area (Å²) in [6.45, 7) is 4.17. The highest BCUT2D eigenvalue weighted by Gasteiger charge is 2.08. The molecule has 0 amide bonds. The normalized spacial score (nSPS) is 12.4. The van der Waals surface area contributed by atoms with Crippen LogP contribution in [0.25, 0.3) is 0 Å². The molecule has 0 radical (unpaired) electrons. The van der Waals surface area contributed by atoms with E-state index in [1.165, 1.54) is 16.7 Å². The average Bonchev–Trinajstić information content (AvgIpc) is 2.40. The maximum Gasteiger partial charge on any atom is 0.0441 e. The van der Waals surface area contributed by atoms with Crippen molar-refractivity contribution in [3.8, 4) is 0 Å². The highest BCUT2D eigenvalue weighted by molar-refractivity contribution is 6.31. The number of nitrogens with two attached hydrogens (primary N) is 1. The quantitative estimate of drug-likeness (QED) is 0.863. The minimum atomic E-state index is 0.149. The molecule has 0 aliphatic heterocycles. The van der Waals surface area contributed by atoms with Crippen LogP contribution in [-0.4, -0.2) is 6.04 Å². The van der Waals surface area contributed by atoms with Crippen LogP contribution in [0, 0.1) is 13.8 Å². The van der Waals surface area contributed by atoms with Crippen LogP contribution in [0.1, 0.15) is 28.7 Å². The van der Waals surface area contributed by atoms with Gasteiger partial charge in [0.25, 0.3) is 0 Å². The summed E-state index contributed by atoms with van der Waals surface area (Å²) >= 11 is 6.26. The van der Waals surface area contributed by atoms with Crippen LogP contribution >= 0.6 is 11.6 Å². The highest BCUT2D eigenvalue weighted by Crippen LogP contribution is 2.20. The molecule has 106 valence electrons. The number of halogens is 1. The van der Waals surface area contributed by atoms with Crippen LogP contribution < -0.4 is 5.73 Å². The van der Waals surface area contributed by atoms with Crippen LogP contribution in [0.3, 0.4) is 0 Å². The maximum atomic E-state index is 6.26. The van der Waals surface area contributed by atoms with Gasteiger partial charge in [-0.05, 0) is 55.9 Å². The van der Waals surface area contributed by atoms with E-state index in [4.69, 9.17) is 17.3 Å². The minimum absolute atomic E-state index is 0.149. The second kappa shape index (κ2) is 6.92. The molecule has 2 aromatic rings. The Balaban J connectivity index is 1.90. The average molecular weight is 288 g/mol. The van der Waals surface area contributed by atoms with E-state index in [9.17, 15) is 0 Å². The van der Waals surface area contributed by atoms with Gasteiger partial charge in [-0.1, -0.05) is 53.6 Å². The number of hydrogen-bond donors (Lipinski definition) is 1. The maximum absolute atomic E-state index is 6.26. The molecular weight excluding hydrogens is 266 g/mol. The zero-order valence-electron chi connectivity index (χ0n) is 12.2. The summed E-state index contributed by atoms with van der Waals surface area (Å²) in [6, 6.07) is 14.9. The highest BCUT2D eigenvalue weighted by atomic mass is 35.5. The summed E-state index contributed by atoms with van der Waals surface area (Å²) in [7, 11) is 0. The lowest BCUT2D eigenvalue weighted by atomic mass is 9.98. The Kier molecular flexibility index (Phi) is 5.22. The molecule has 0 fully saturated rings. The largest absolute Gasteiger partial charge is 0.327 e. The fourth-order valence-corrected chi connectivity index (χ4v) is 2.73. The standard InChI is InChI=1S/C18H22ClN/c1-13-4-3-5-15(10-13)7-9-17(20)12-16-8-6-14(2)11-18(16)19/h3-6,8,10-11,17H,7,9,12,20H2,1-2H3. The molecule has 0 saturated heterocycles. The van der Waals surface area contributed by atoms with Crippen molar-refractivity contribution in [1.29, 1.82) is 0 Å². The van der Waals surface area contributed by atoms with Crippen LogP contribution in [0.15, 0.2) is 42.5 Å². The first-order chi connectivity index (χ1) is 9.54. The van der Waals surface area contributed by atoms with Gasteiger partial charge >= 0.3 is 0 Å². The Labute approximate surface area is 126 Å². The third-order valence-electron chi connectivity index (χ3n) is 3.58. The molecule has 2 aromatic carbocycles. The van der Waals surface area contributed by atoms with Gasteiger partial charge in [-0.2, -0.15) is 0 Å². The lowest BCUT2D eigenvalue weighted by molar-refractivity contribution is 0.610. The zero-order valence-corrected chi connectivity index (χ0v) is 13.0. The number of hydrogen-bond acceptors (Lipinski definition) is 1. The Bertz CT molecular complexity index is 577. The number of aryl methyl sites for hydroxylation is 3. The van der Waals surface area contributed by atoms with Gasteiger partial charge in [0, 0.05) is 11.1 Å². The Morgan fingerprint density at radius 2 is 1.80 bits per heavy atom. The van der Waals surface area contributed by atoms with E-state index in [2.05, 4.69) is 43.3 Å². The first kappa shape index (κ1) is 15.1. The van der Waals surface area contributed by atoms with Gasteiger partial charge in [0.05, 0.1) is 0 Å². The van der Waals surface area contributed by atoms with Crippen molar-refractivity contribution in [2.24, 2.45) is 5.73 Å². The molecule has 0 aliphatic carbocycles. The molecular formula is C18H22ClN. The molecule has 0 aromatic heterocycles. The summed E-state index contributed by atoms with van der Waals surface area (Å²) in [5, 5.41) is 0.830. The second-order valence-corrected chi connectivity index (χ2v) is 5.99. The van der Waals surface area contributed by atoms with E-state index in [1.807, 2.05) is 13.0 Å². The van der Waals surface area contributed by atoms with E-state index in [0.717, 1.165) is 29.8 Å². The molecule has 20 heavy (non-hydrogen) atoms. The van der Waals surface area contributed by atoms with E-state index in [-0.39, 0.29) is 6.04 Å². The molecule has 1 atom stereocenters. The van der Waals surface area contributed by atoms with Gasteiger partial charge < -0.3 is 5.73 Å². The third kappa shape index (κ3) is 4.36. The number of rotatable bonds is 5. The molecule has 0 aliphatic rings. The van der Waals surface area contributed by atoms with E-state index in [1.54, 1.807) is 0 Å². The topological polar surface area (TPSA) is 26.0 Å². The van der Waals surface area contributed by atoms with Crippen molar-refractivity contribution in [2.45, 2.75) is 39.2 Å². The molecule has 2 N–H and O–H groups in total. The van der Waals surface area contributed by atoms with Crippen LogP contribution in [0.4, 0.5) is 0 Å². The van der Waals surface area contributed by atoms with E-state index < -0.39 is 0 Å². The lowest BCUT2D eigenvalue weighted by Crippen LogP contribution is -2.23. The van der Waals surface area contributed by atoms with Crippen molar-refractivity contribution in [3.05, 3.63) is 69.7 Å². The van der Waals surface area contributed by atoms with Gasteiger partial charge in [0.1, 0.15) is 0 Å². The number of benzene rings is 2. The molecule has 2 rings (SSSR count). The minimum Gasteiger partial charge on any atom is -0.327 e. The van der Waals surface area contributed by atoms with E-state index >= 15 is 0 Å². The van der Waals surface area contributed by atoms with Crippen LogP contribution in [0.5, 0.6) is 0 Å². The van der Waals surface area contributed by atoms with E-state index in [0.29, 0.717) is 0 Å². The SMILES string of the molecule is Cc1cccc(CCC(N)Cc2ccc(C)cc2Cl)c1. The third-order valence-corrected chi connectivity index (χ3v) is 3.93. The summed E-state index contributed by atoms with van der Waals surface area (Å²) in [6.07, 6.45) is 2.84. The summed E-state index contributed by atoms with van der Waals surface area (Å²) in [4.78, 5) is 0. The molecule has 1 unspecified atom stereocenters. The predicted molar refractivity (Wildman–Crippen MR) is 87.4 cm³/mol. The molecule has 0 bridgehead atoms. The Hall–Kier alpha value is -1.31. The molecule has 2 heteroatoms. The van der Waals surface area contributed by atoms with Gasteiger partial charge in [-0.25, -0.2) is 0 Å². The zero-order chi connectivity index (χ0) is 14.5. The summed E-state index contributed by atoms with van der Waals surface area (Å²) < 4.78 is 0. The Morgan fingerprint density at radius 3 is 2.50 bits per heavy atom. The second-order valence-electron chi connectivity index (χ2n) is 5.59. The summed E-state index contributed by atoms with van der Waals surface area (Å²) in [5.41, 5.74) is 11.2. The van der Waals surface area contributed by atoms with Crippen LogP contribution in [-0.2, 0) is 12.8 Å². The van der Waals surface area contributed by atoms with Crippen molar-refractivity contribution in [2.75, 3.05) is 0 Å². The molecule has 1 nitrogen and oxygen atoms in total. The first-order valence-corrected chi connectivity index (χ1v) is 7.48. The van der Waals surface area contributed by atoms with Gasteiger partial charge in [0.15, 0.2) is 0 Å². The molecule has 0 spiro atoms. The lowest BCUT2D eigenvalue weighted by Gasteiger charge is -2.13. The van der Waals surface area contributed by atoms with Crippen molar-refractivity contribution >= 4 is 11.6 Å². The fourth-order valence-electron chi connectivity index (χ4n) is 2.42. The first-order valence-electron chi connectivity index (χ1n) is 7.11. The fraction of sp³-hybridized carbons (Fsp3) is 0.333.